The van der Waals surface area contributed by atoms with Crippen LogP contribution in [0.15, 0.2) is 43.0 Å². The minimum atomic E-state index is -4.48. The van der Waals surface area contributed by atoms with Crippen LogP contribution in [0.3, 0.4) is 0 Å². The summed E-state index contributed by atoms with van der Waals surface area (Å²) in [6.45, 7) is -0.826. The molecule has 150 valence electrons. The van der Waals surface area contributed by atoms with E-state index in [0.29, 0.717) is 19.4 Å². The zero-order valence-electron chi connectivity index (χ0n) is 14.9. The van der Waals surface area contributed by atoms with E-state index in [2.05, 4.69) is 10.3 Å². The van der Waals surface area contributed by atoms with Gasteiger partial charge in [-0.05, 0) is 30.5 Å². The van der Waals surface area contributed by atoms with Gasteiger partial charge in [-0.15, -0.1) is 0 Å². The molecule has 1 fully saturated rings. The molecule has 1 aliphatic rings. The van der Waals surface area contributed by atoms with Gasteiger partial charge in [-0.25, -0.2) is 9.78 Å². The molecule has 2 N–H and O–H groups in total. The summed E-state index contributed by atoms with van der Waals surface area (Å²) in [5.74, 6) is -0.783. The number of nitrogens with zero attached hydrogens (tertiary/aromatic N) is 3. The Hall–Kier alpha value is -3.04. The van der Waals surface area contributed by atoms with Gasteiger partial charge in [-0.1, -0.05) is 12.1 Å². The number of urea groups is 1. The lowest BCUT2D eigenvalue weighted by atomic mass is 10.2. The first-order valence-electron chi connectivity index (χ1n) is 8.80. The highest BCUT2D eigenvalue weighted by Crippen LogP contribution is 2.19. The number of likely N-dealkylation sites (tertiary alicyclic amines) is 1. The van der Waals surface area contributed by atoms with E-state index in [1.165, 1.54) is 4.90 Å². The van der Waals surface area contributed by atoms with Crippen LogP contribution in [-0.2, 0) is 11.3 Å². The molecule has 1 aromatic carbocycles. The molecular weight excluding hydrogens is 375 g/mol. The van der Waals surface area contributed by atoms with Gasteiger partial charge in [-0.3, -0.25) is 4.79 Å². The van der Waals surface area contributed by atoms with Crippen molar-refractivity contribution < 1.29 is 22.8 Å². The number of benzene rings is 1. The molecule has 0 aliphatic carbocycles. The first-order valence-corrected chi connectivity index (χ1v) is 8.80. The number of aromatic nitrogens is 2. The van der Waals surface area contributed by atoms with Crippen molar-refractivity contribution in [2.75, 3.05) is 13.1 Å². The zero-order chi connectivity index (χ0) is 20.1. The highest BCUT2D eigenvalue weighted by molar-refractivity contribution is 5.87. The van der Waals surface area contributed by atoms with Crippen LogP contribution in [0, 0.1) is 0 Å². The number of imidazole rings is 1. The zero-order valence-corrected chi connectivity index (χ0v) is 14.9. The quantitative estimate of drug-likeness (QED) is 0.815. The average molecular weight is 395 g/mol. The highest BCUT2D eigenvalue weighted by atomic mass is 19.4. The molecule has 7 nitrogen and oxygen atoms in total. The maximum atomic E-state index is 12.4. The van der Waals surface area contributed by atoms with Crippen LogP contribution < -0.4 is 10.6 Å². The Bertz CT molecular complexity index is 806. The van der Waals surface area contributed by atoms with Gasteiger partial charge in [0, 0.05) is 31.2 Å². The monoisotopic (exact) mass is 395 g/mol. The van der Waals surface area contributed by atoms with E-state index in [0.717, 1.165) is 11.3 Å². The molecule has 28 heavy (non-hydrogen) atoms. The SMILES string of the molecule is O=C(NCC(F)(F)F)C1CCCN1C(=O)NCc1ccc(-n2ccnc2)cc1. The summed E-state index contributed by atoms with van der Waals surface area (Å²) in [5.41, 5.74) is 1.78. The molecule has 1 atom stereocenters. The van der Waals surface area contributed by atoms with Gasteiger partial charge >= 0.3 is 12.2 Å². The van der Waals surface area contributed by atoms with E-state index < -0.39 is 30.7 Å². The molecule has 0 spiro atoms. The van der Waals surface area contributed by atoms with Crippen LogP contribution in [0.25, 0.3) is 5.69 Å². The number of amides is 3. The molecule has 3 amide bonds. The maximum absolute atomic E-state index is 12.4. The third-order valence-corrected chi connectivity index (χ3v) is 4.46. The molecule has 1 aromatic heterocycles. The van der Waals surface area contributed by atoms with Gasteiger partial charge in [0.05, 0.1) is 6.33 Å². The summed E-state index contributed by atoms with van der Waals surface area (Å²) in [5, 5.41) is 4.57. The van der Waals surface area contributed by atoms with E-state index in [9.17, 15) is 22.8 Å². The Morgan fingerprint density at radius 2 is 1.93 bits per heavy atom. The van der Waals surface area contributed by atoms with Crippen molar-refractivity contribution in [3.8, 4) is 5.69 Å². The second-order valence-corrected chi connectivity index (χ2v) is 6.48. The number of alkyl halides is 3. The predicted molar refractivity (Wildman–Crippen MR) is 94.6 cm³/mol. The van der Waals surface area contributed by atoms with Gasteiger partial charge < -0.3 is 20.1 Å². The van der Waals surface area contributed by atoms with Gasteiger partial charge in [-0.2, -0.15) is 13.2 Å². The van der Waals surface area contributed by atoms with E-state index in [4.69, 9.17) is 0 Å². The van der Waals surface area contributed by atoms with Crippen LogP contribution in [0.2, 0.25) is 0 Å². The fraction of sp³-hybridized carbons (Fsp3) is 0.389. The Morgan fingerprint density at radius 3 is 2.57 bits per heavy atom. The molecule has 0 bridgehead atoms. The predicted octanol–water partition coefficient (Wildman–Crippen LogP) is 2.22. The van der Waals surface area contributed by atoms with Crippen molar-refractivity contribution in [3.05, 3.63) is 48.5 Å². The number of nitrogens with one attached hydrogen (secondary N) is 2. The molecule has 1 saturated heterocycles. The molecule has 0 radical (unpaired) electrons. The van der Waals surface area contributed by atoms with Crippen LogP contribution in [0.5, 0.6) is 0 Å². The molecule has 10 heteroatoms. The first kappa shape index (κ1) is 19.7. The number of hydrogen-bond acceptors (Lipinski definition) is 3. The Kier molecular flexibility index (Phi) is 5.86. The third kappa shape index (κ3) is 5.02. The number of halogens is 3. The van der Waals surface area contributed by atoms with Gasteiger partial charge in [0.1, 0.15) is 12.6 Å². The molecule has 1 unspecified atom stereocenters. The number of rotatable bonds is 5. The fourth-order valence-corrected chi connectivity index (χ4v) is 3.06. The summed E-state index contributed by atoms with van der Waals surface area (Å²) in [7, 11) is 0. The van der Waals surface area contributed by atoms with Crippen molar-refractivity contribution in [3.63, 3.8) is 0 Å². The molecular formula is C18H20F3N5O2. The average Bonchev–Trinajstić information content (AvgIpc) is 3.35. The van der Waals surface area contributed by atoms with E-state index in [1.54, 1.807) is 12.5 Å². The van der Waals surface area contributed by atoms with Crippen LogP contribution in [-0.4, -0.2) is 51.7 Å². The number of carbonyl (C=O) groups is 2. The van der Waals surface area contributed by atoms with E-state index >= 15 is 0 Å². The third-order valence-electron chi connectivity index (χ3n) is 4.46. The molecule has 0 saturated carbocycles. The number of hydrogen-bond donors (Lipinski definition) is 2. The largest absolute Gasteiger partial charge is 0.405 e. The standard InChI is InChI=1S/C18H20F3N5O2/c19-18(20,21)11-24-16(27)15-2-1-8-26(15)17(28)23-10-13-3-5-14(6-4-13)25-9-7-22-12-25/h3-7,9,12,15H,1-2,8,10-11H2,(H,23,28)(H,24,27). The Balaban J connectivity index is 1.53. The van der Waals surface area contributed by atoms with Crippen molar-refractivity contribution in [1.82, 2.24) is 25.1 Å². The van der Waals surface area contributed by atoms with Gasteiger partial charge in [0.25, 0.3) is 0 Å². The van der Waals surface area contributed by atoms with Crippen molar-refractivity contribution >= 4 is 11.9 Å². The second kappa shape index (κ2) is 8.32. The lowest BCUT2D eigenvalue weighted by molar-refractivity contribution is -0.140. The molecule has 1 aliphatic heterocycles. The van der Waals surface area contributed by atoms with Crippen LogP contribution in [0.1, 0.15) is 18.4 Å². The maximum Gasteiger partial charge on any atom is 0.405 e. The Labute approximate surface area is 159 Å². The fourth-order valence-electron chi connectivity index (χ4n) is 3.06. The van der Waals surface area contributed by atoms with Crippen molar-refractivity contribution in [1.29, 1.82) is 0 Å². The highest BCUT2D eigenvalue weighted by Gasteiger charge is 2.36. The Morgan fingerprint density at radius 1 is 1.18 bits per heavy atom. The minimum absolute atomic E-state index is 0.246. The summed E-state index contributed by atoms with van der Waals surface area (Å²) >= 11 is 0. The molecule has 3 rings (SSSR count). The topological polar surface area (TPSA) is 79.3 Å². The van der Waals surface area contributed by atoms with Crippen LogP contribution >= 0.6 is 0 Å². The van der Waals surface area contributed by atoms with Gasteiger partial charge in [0.2, 0.25) is 5.91 Å². The number of carbonyl (C=O) groups excluding carboxylic acids is 2. The van der Waals surface area contributed by atoms with Crippen molar-refractivity contribution in [2.24, 2.45) is 0 Å². The van der Waals surface area contributed by atoms with Crippen LogP contribution in [0.4, 0.5) is 18.0 Å². The summed E-state index contributed by atoms with van der Waals surface area (Å²) in [6.07, 6.45) is 1.59. The van der Waals surface area contributed by atoms with Gasteiger partial charge in [0.15, 0.2) is 0 Å². The van der Waals surface area contributed by atoms with E-state index in [-0.39, 0.29) is 6.54 Å². The first-order chi connectivity index (χ1) is 13.3. The lowest BCUT2D eigenvalue weighted by Gasteiger charge is -2.24. The summed E-state index contributed by atoms with van der Waals surface area (Å²) < 4.78 is 38.7. The van der Waals surface area contributed by atoms with Crippen molar-refractivity contribution in [2.45, 2.75) is 31.6 Å². The van der Waals surface area contributed by atoms with E-state index in [1.807, 2.05) is 40.3 Å². The lowest BCUT2D eigenvalue weighted by Crippen LogP contribution is -2.50. The molecule has 2 aromatic rings. The molecule has 2 heterocycles. The summed E-state index contributed by atoms with van der Waals surface area (Å²) in [6, 6.07) is 6.12. The minimum Gasteiger partial charge on any atom is -0.345 e. The summed E-state index contributed by atoms with van der Waals surface area (Å²) in [4.78, 5) is 29.6. The second-order valence-electron chi connectivity index (χ2n) is 6.48. The normalized spacial score (nSPS) is 16.8. The smallest absolute Gasteiger partial charge is 0.345 e.